The quantitative estimate of drug-likeness (QED) is 0.250. The average molecular weight is 472 g/mol. The number of ether oxygens (including phenoxy) is 1. The molecule has 0 aliphatic rings. The number of halogens is 1. The van der Waals surface area contributed by atoms with E-state index < -0.39 is 5.97 Å². The van der Waals surface area contributed by atoms with Crippen LogP contribution < -0.4 is 0 Å². The summed E-state index contributed by atoms with van der Waals surface area (Å²) in [5.74, 6) is -0.413. The molecule has 0 atom stereocenters. The highest BCUT2D eigenvalue weighted by atomic mass is 79.9. The van der Waals surface area contributed by atoms with Crippen LogP contribution in [0.15, 0.2) is 53.9 Å². The van der Waals surface area contributed by atoms with Crippen LogP contribution in [0.3, 0.4) is 0 Å². The summed E-state index contributed by atoms with van der Waals surface area (Å²) in [6, 6.07) is 11.1. The first-order valence-electron chi connectivity index (χ1n) is 8.52. The number of esters is 1. The van der Waals surface area contributed by atoms with Gasteiger partial charge in [0.1, 0.15) is 17.0 Å². The zero-order valence-corrected chi connectivity index (χ0v) is 18.5. The SMILES string of the molecule is Br.COC(=O)c1ccc2nc(-c3cccc(C)n3)c(-c3ccnc(SC)n3)n2c1. The lowest BCUT2D eigenvalue weighted by Crippen LogP contribution is -2.03. The lowest BCUT2D eigenvalue weighted by molar-refractivity contribution is 0.0600. The molecule has 0 radical (unpaired) electrons. The Morgan fingerprint density at radius 1 is 1.07 bits per heavy atom. The van der Waals surface area contributed by atoms with Crippen molar-refractivity contribution in [2.75, 3.05) is 13.4 Å². The van der Waals surface area contributed by atoms with Crippen molar-refractivity contribution in [3.8, 4) is 22.8 Å². The van der Waals surface area contributed by atoms with Gasteiger partial charge < -0.3 is 4.74 Å². The van der Waals surface area contributed by atoms with E-state index in [-0.39, 0.29) is 17.0 Å². The van der Waals surface area contributed by atoms with Crippen LogP contribution in [0, 0.1) is 6.92 Å². The van der Waals surface area contributed by atoms with Gasteiger partial charge in [0, 0.05) is 18.1 Å². The van der Waals surface area contributed by atoms with E-state index in [1.54, 1.807) is 24.5 Å². The minimum Gasteiger partial charge on any atom is -0.465 e. The molecule has 0 aliphatic carbocycles. The number of nitrogens with zero attached hydrogens (tertiary/aromatic N) is 5. The predicted octanol–water partition coefficient (Wildman–Crippen LogP) is 4.25. The first-order valence-corrected chi connectivity index (χ1v) is 9.75. The number of carbonyl (C=O) groups is 1. The molecule has 0 fully saturated rings. The van der Waals surface area contributed by atoms with Gasteiger partial charge in [-0.2, -0.15) is 0 Å². The Labute approximate surface area is 182 Å². The van der Waals surface area contributed by atoms with Crippen molar-refractivity contribution >= 4 is 40.4 Å². The largest absolute Gasteiger partial charge is 0.465 e. The van der Waals surface area contributed by atoms with Crippen LogP contribution in [0.5, 0.6) is 0 Å². The van der Waals surface area contributed by atoms with Gasteiger partial charge in [-0.25, -0.2) is 19.7 Å². The Hall–Kier alpha value is -2.78. The van der Waals surface area contributed by atoms with E-state index in [0.29, 0.717) is 27.8 Å². The molecule has 0 unspecified atom stereocenters. The molecule has 0 amide bonds. The molecule has 4 heterocycles. The number of rotatable bonds is 4. The van der Waals surface area contributed by atoms with Crippen LogP contribution in [0.25, 0.3) is 28.4 Å². The Bertz CT molecular complexity index is 1190. The van der Waals surface area contributed by atoms with Crippen molar-refractivity contribution in [1.29, 1.82) is 0 Å². The molecule has 0 aromatic carbocycles. The van der Waals surface area contributed by atoms with E-state index in [0.717, 1.165) is 17.1 Å². The Kier molecular flexibility index (Phi) is 6.29. The van der Waals surface area contributed by atoms with Gasteiger partial charge >= 0.3 is 5.97 Å². The first-order chi connectivity index (χ1) is 13.6. The first kappa shape index (κ1) is 20.9. The number of imidazole rings is 1. The third kappa shape index (κ3) is 4.01. The molecule has 0 spiro atoms. The van der Waals surface area contributed by atoms with Crippen molar-refractivity contribution in [2.45, 2.75) is 12.1 Å². The summed E-state index contributed by atoms with van der Waals surface area (Å²) in [6.45, 7) is 1.94. The summed E-state index contributed by atoms with van der Waals surface area (Å²) in [6.07, 6.45) is 5.35. The van der Waals surface area contributed by atoms with E-state index in [4.69, 9.17) is 9.72 Å². The van der Waals surface area contributed by atoms with Gasteiger partial charge in [-0.15, -0.1) is 17.0 Å². The second-order valence-corrected chi connectivity index (χ2v) is 6.81. The van der Waals surface area contributed by atoms with Gasteiger partial charge in [-0.1, -0.05) is 17.8 Å². The molecule has 7 nitrogen and oxygen atoms in total. The molecule has 148 valence electrons. The summed E-state index contributed by atoms with van der Waals surface area (Å²) in [5.41, 5.74) is 4.88. The number of aryl methyl sites for hydroxylation is 1. The van der Waals surface area contributed by atoms with Crippen LogP contribution in [-0.4, -0.2) is 43.7 Å². The number of carbonyl (C=O) groups excluding carboxylic acids is 1. The number of aromatic nitrogens is 5. The van der Waals surface area contributed by atoms with Crippen LogP contribution in [0.4, 0.5) is 0 Å². The highest BCUT2D eigenvalue weighted by Gasteiger charge is 2.20. The molecule has 29 heavy (non-hydrogen) atoms. The number of thioether (sulfide) groups is 1. The van der Waals surface area contributed by atoms with Crippen LogP contribution >= 0.6 is 28.7 Å². The fraction of sp³-hybridized carbons (Fsp3) is 0.150. The molecule has 0 saturated carbocycles. The van der Waals surface area contributed by atoms with E-state index in [1.807, 2.05) is 41.8 Å². The molecular weight excluding hydrogens is 454 g/mol. The van der Waals surface area contributed by atoms with Crippen LogP contribution in [-0.2, 0) is 4.74 Å². The third-order valence-corrected chi connectivity index (χ3v) is 4.79. The van der Waals surface area contributed by atoms with Crippen molar-refractivity contribution < 1.29 is 9.53 Å². The van der Waals surface area contributed by atoms with Gasteiger partial charge in [0.15, 0.2) is 5.16 Å². The molecule has 0 bridgehead atoms. The molecule has 4 aromatic heterocycles. The second kappa shape index (κ2) is 8.71. The normalized spacial score (nSPS) is 10.6. The van der Waals surface area contributed by atoms with Gasteiger partial charge in [-0.05, 0) is 43.5 Å². The standard InChI is InChI=1S/C20H17N5O2S.BrH/c1-12-5-4-6-14(22-12)17-18(15-9-10-21-20(23-15)28-3)25-11-13(19(26)27-2)7-8-16(25)24-17;/h4-11H,1-3H3;1H. The minimum atomic E-state index is -0.413. The average Bonchev–Trinajstić information content (AvgIpc) is 3.12. The van der Waals surface area contributed by atoms with E-state index in [1.165, 1.54) is 18.9 Å². The highest BCUT2D eigenvalue weighted by Crippen LogP contribution is 2.31. The summed E-state index contributed by atoms with van der Waals surface area (Å²) >= 11 is 1.46. The summed E-state index contributed by atoms with van der Waals surface area (Å²) in [5, 5.41) is 0.653. The fourth-order valence-electron chi connectivity index (χ4n) is 2.95. The Morgan fingerprint density at radius 3 is 2.62 bits per heavy atom. The zero-order valence-electron chi connectivity index (χ0n) is 16.0. The van der Waals surface area contributed by atoms with E-state index in [9.17, 15) is 4.79 Å². The molecule has 0 saturated heterocycles. The van der Waals surface area contributed by atoms with Gasteiger partial charge in [0.25, 0.3) is 0 Å². The minimum absolute atomic E-state index is 0. The maximum atomic E-state index is 12.0. The monoisotopic (exact) mass is 471 g/mol. The maximum absolute atomic E-state index is 12.0. The molecule has 4 aromatic rings. The maximum Gasteiger partial charge on any atom is 0.339 e. The number of hydrogen-bond donors (Lipinski definition) is 0. The topological polar surface area (TPSA) is 82.3 Å². The lowest BCUT2D eigenvalue weighted by atomic mass is 10.1. The van der Waals surface area contributed by atoms with Gasteiger partial charge in [0.2, 0.25) is 0 Å². The fourth-order valence-corrected chi connectivity index (χ4v) is 3.31. The van der Waals surface area contributed by atoms with Crippen molar-refractivity contribution in [2.24, 2.45) is 0 Å². The molecule has 4 rings (SSSR count). The number of hydrogen-bond acceptors (Lipinski definition) is 7. The zero-order chi connectivity index (χ0) is 19.7. The van der Waals surface area contributed by atoms with Crippen molar-refractivity contribution in [1.82, 2.24) is 24.3 Å². The second-order valence-electron chi connectivity index (χ2n) is 6.04. The highest BCUT2D eigenvalue weighted by molar-refractivity contribution is 8.93. The Balaban J connectivity index is 0.00000240. The van der Waals surface area contributed by atoms with Gasteiger partial charge in [0.05, 0.1) is 24.1 Å². The van der Waals surface area contributed by atoms with Crippen LogP contribution in [0.2, 0.25) is 0 Å². The lowest BCUT2D eigenvalue weighted by Gasteiger charge is -2.07. The van der Waals surface area contributed by atoms with Gasteiger partial charge in [-0.3, -0.25) is 9.38 Å². The summed E-state index contributed by atoms with van der Waals surface area (Å²) in [7, 11) is 1.36. The van der Waals surface area contributed by atoms with Crippen LogP contribution in [0.1, 0.15) is 16.1 Å². The molecule has 0 aliphatic heterocycles. The van der Waals surface area contributed by atoms with E-state index in [2.05, 4.69) is 15.0 Å². The molecule has 0 N–H and O–H groups in total. The van der Waals surface area contributed by atoms with Crippen molar-refractivity contribution in [3.05, 3.63) is 60.0 Å². The number of pyridine rings is 2. The van der Waals surface area contributed by atoms with E-state index >= 15 is 0 Å². The number of methoxy groups -OCH3 is 1. The van der Waals surface area contributed by atoms with Crippen molar-refractivity contribution in [3.63, 3.8) is 0 Å². The summed E-state index contributed by atoms with van der Waals surface area (Å²) in [4.78, 5) is 30.3. The predicted molar refractivity (Wildman–Crippen MR) is 118 cm³/mol. The Morgan fingerprint density at radius 2 is 1.90 bits per heavy atom. The third-order valence-electron chi connectivity index (χ3n) is 4.23. The smallest absolute Gasteiger partial charge is 0.339 e. The molecular formula is C20H18BrN5O2S. The summed E-state index contributed by atoms with van der Waals surface area (Å²) < 4.78 is 6.71. The molecule has 9 heteroatoms. The number of fused-ring (bicyclic) bond motifs is 1.